The number of amides is 2. The number of rotatable bonds is 3. The lowest BCUT2D eigenvalue weighted by Gasteiger charge is -2.36. The van der Waals surface area contributed by atoms with Crippen molar-refractivity contribution in [2.45, 2.75) is 0 Å². The van der Waals surface area contributed by atoms with Crippen LogP contribution in [0.2, 0.25) is 0 Å². The molecule has 1 fully saturated rings. The average molecular weight is 364 g/mol. The van der Waals surface area contributed by atoms with Crippen molar-refractivity contribution in [1.82, 2.24) is 4.90 Å². The van der Waals surface area contributed by atoms with E-state index in [1.54, 1.807) is 41.3 Å². The summed E-state index contributed by atoms with van der Waals surface area (Å²) in [6.07, 6.45) is 0. The van der Waals surface area contributed by atoms with Gasteiger partial charge in [0.2, 0.25) is 0 Å². The molecular weight excluding hydrogens is 344 g/mol. The Kier molecular flexibility index (Phi) is 5.57. The molecule has 0 atom stereocenters. The van der Waals surface area contributed by atoms with Crippen LogP contribution in [0.25, 0.3) is 0 Å². The van der Waals surface area contributed by atoms with Crippen LogP contribution >= 0.6 is 0 Å². The predicted molar refractivity (Wildman–Crippen MR) is 102 cm³/mol. The van der Waals surface area contributed by atoms with Gasteiger partial charge in [0.05, 0.1) is 23.9 Å². The normalized spacial score (nSPS) is 13.6. The second kappa shape index (κ2) is 8.23. The van der Waals surface area contributed by atoms with Crippen molar-refractivity contribution in [2.75, 3.05) is 43.5 Å². The number of benzene rings is 2. The molecule has 2 aromatic rings. The van der Waals surface area contributed by atoms with E-state index >= 15 is 0 Å². The maximum atomic E-state index is 12.5. The van der Waals surface area contributed by atoms with Gasteiger partial charge in [0.25, 0.3) is 0 Å². The summed E-state index contributed by atoms with van der Waals surface area (Å²) in [5.41, 5.74) is 2.37. The van der Waals surface area contributed by atoms with E-state index < -0.39 is 0 Å². The Morgan fingerprint density at radius 3 is 2.52 bits per heavy atom. The van der Waals surface area contributed by atoms with Gasteiger partial charge in [0.1, 0.15) is 6.07 Å². The van der Waals surface area contributed by atoms with Crippen molar-refractivity contribution in [3.63, 3.8) is 0 Å². The first kappa shape index (κ1) is 18.3. The smallest absolute Gasteiger partial charge is 0.337 e. The van der Waals surface area contributed by atoms with E-state index in [9.17, 15) is 9.59 Å². The van der Waals surface area contributed by atoms with Crippen LogP contribution in [0.4, 0.5) is 16.2 Å². The van der Waals surface area contributed by atoms with Crippen LogP contribution in [-0.2, 0) is 4.74 Å². The third-order valence-corrected chi connectivity index (χ3v) is 4.49. The maximum Gasteiger partial charge on any atom is 0.337 e. The zero-order valence-corrected chi connectivity index (χ0v) is 15.0. The fourth-order valence-corrected chi connectivity index (χ4v) is 3.00. The number of hydrogen-bond donors (Lipinski definition) is 1. The van der Waals surface area contributed by atoms with Gasteiger partial charge in [-0.15, -0.1) is 0 Å². The number of nitriles is 1. The molecule has 1 saturated heterocycles. The van der Waals surface area contributed by atoms with Crippen molar-refractivity contribution in [2.24, 2.45) is 0 Å². The van der Waals surface area contributed by atoms with Crippen molar-refractivity contribution in [3.8, 4) is 6.07 Å². The number of piperazine rings is 1. The Labute approximate surface area is 157 Å². The molecule has 3 rings (SSSR count). The predicted octanol–water partition coefficient (Wildman–Crippen LogP) is 2.70. The number of para-hydroxylation sites is 1. The van der Waals surface area contributed by atoms with E-state index in [2.05, 4.69) is 16.3 Å². The van der Waals surface area contributed by atoms with E-state index in [0.717, 1.165) is 5.69 Å². The van der Waals surface area contributed by atoms with Gasteiger partial charge in [-0.3, -0.25) is 0 Å². The zero-order valence-electron chi connectivity index (χ0n) is 15.0. The number of methoxy groups -OCH3 is 1. The minimum atomic E-state index is -0.369. The van der Waals surface area contributed by atoms with E-state index in [4.69, 9.17) is 10.00 Å². The molecule has 0 bridgehead atoms. The fourth-order valence-electron chi connectivity index (χ4n) is 3.00. The van der Waals surface area contributed by atoms with Crippen LogP contribution in [0, 0.1) is 11.3 Å². The van der Waals surface area contributed by atoms with Crippen LogP contribution < -0.4 is 10.2 Å². The van der Waals surface area contributed by atoms with Crippen molar-refractivity contribution in [1.29, 1.82) is 5.26 Å². The van der Waals surface area contributed by atoms with E-state index in [0.29, 0.717) is 43.0 Å². The summed E-state index contributed by atoms with van der Waals surface area (Å²) in [4.78, 5) is 28.0. The lowest BCUT2D eigenvalue weighted by Crippen LogP contribution is -2.50. The first-order chi connectivity index (χ1) is 13.1. The molecule has 0 spiro atoms. The lowest BCUT2D eigenvalue weighted by atomic mass is 10.1. The maximum absolute atomic E-state index is 12.5. The average Bonchev–Trinajstić information content (AvgIpc) is 2.73. The molecule has 7 nitrogen and oxygen atoms in total. The third-order valence-electron chi connectivity index (χ3n) is 4.49. The van der Waals surface area contributed by atoms with Crippen LogP contribution in [0.3, 0.4) is 0 Å². The monoisotopic (exact) mass is 364 g/mol. The number of carbonyl (C=O) groups is 2. The van der Waals surface area contributed by atoms with E-state index in [1.165, 1.54) is 7.11 Å². The Morgan fingerprint density at radius 2 is 1.81 bits per heavy atom. The molecule has 2 amide bonds. The highest BCUT2D eigenvalue weighted by molar-refractivity contribution is 5.91. The summed E-state index contributed by atoms with van der Waals surface area (Å²) in [7, 11) is 1.36. The van der Waals surface area contributed by atoms with Gasteiger partial charge in [-0.05, 0) is 30.3 Å². The highest BCUT2D eigenvalue weighted by Gasteiger charge is 2.22. The number of esters is 1. The molecule has 1 heterocycles. The van der Waals surface area contributed by atoms with Gasteiger partial charge in [-0.1, -0.05) is 18.2 Å². The van der Waals surface area contributed by atoms with Gasteiger partial charge in [0.15, 0.2) is 0 Å². The molecule has 1 aliphatic heterocycles. The Morgan fingerprint density at radius 1 is 1.07 bits per heavy atom. The van der Waals surface area contributed by atoms with Crippen LogP contribution in [0.15, 0.2) is 48.5 Å². The van der Waals surface area contributed by atoms with Gasteiger partial charge in [-0.2, -0.15) is 5.26 Å². The highest BCUT2D eigenvalue weighted by Crippen LogP contribution is 2.20. The minimum absolute atomic E-state index is 0.222. The number of urea groups is 1. The standard InChI is InChI=1S/C20H20N4O3/c1-27-19(25)15-6-4-7-17(13-15)23-9-11-24(12-10-23)20(26)22-18-8-3-2-5-16(18)14-21/h2-8,13H,9-12H2,1H3,(H,22,26). The van der Waals surface area contributed by atoms with Crippen LogP contribution in [-0.4, -0.2) is 50.2 Å². The highest BCUT2D eigenvalue weighted by atomic mass is 16.5. The Bertz CT molecular complexity index is 883. The molecule has 2 aromatic carbocycles. The number of anilines is 2. The molecular formula is C20H20N4O3. The van der Waals surface area contributed by atoms with Gasteiger partial charge < -0.3 is 19.9 Å². The summed E-state index contributed by atoms with van der Waals surface area (Å²) in [5.74, 6) is -0.369. The first-order valence-corrected chi connectivity index (χ1v) is 8.61. The quantitative estimate of drug-likeness (QED) is 0.847. The molecule has 7 heteroatoms. The molecule has 0 aromatic heterocycles. The summed E-state index contributed by atoms with van der Waals surface area (Å²) in [6, 6.07) is 16.0. The van der Waals surface area contributed by atoms with E-state index in [-0.39, 0.29) is 12.0 Å². The Balaban J connectivity index is 1.61. The molecule has 0 radical (unpaired) electrons. The largest absolute Gasteiger partial charge is 0.465 e. The second-order valence-electron chi connectivity index (χ2n) is 6.10. The fraction of sp³-hybridized carbons (Fsp3) is 0.250. The number of nitrogens with zero attached hydrogens (tertiary/aromatic N) is 3. The molecule has 1 N–H and O–H groups in total. The topological polar surface area (TPSA) is 85.7 Å². The van der Waals surface area contributed by atoms with Gasteiger partial charge >= 0.3 is 12.0 Å². The number of carbonyl (C=O) groups excluding carboxylic acids is 2. The zero-order chi connectivity index (χ0) is 19.2. The van der Waals surface area contributed by atoms with Crippen LogP contribution in [0.5, 0.6) is 0 Å². The van der Waals surface area contributed by atoms with Crippen molar-refractivity contribution >= 4 is 23.4 Å². The van der Waals surface area contributed by atoms with Crippen molar-refractivity contribution in [3.05, 3.63) is 59.7 Å². The van der Waals surface area contributed by atoms with E-state index in [1.807, 2.05) is 12.1 Å². The molecule has 0 saturated carbocycles. The van der Waals surface area contributed by atoms with Gasteiger partial charge in [0, 0.05) is 31.9 Å². The first-order valence-electron chi connectivity index (χ1n) is 8.61. The summed E-state index contributed by atoms with van der Waals surface area (Å²) in [5, 5.41) is 11.9. The second-order valence-corrected chi connectivity index (χ2v) is 6.10. The molecule has 0 unspecified atom stereocenters. The number of ether oxygens (including phenoxy) is 1. The third kappa shape index (κ3) is 4.18. The van der Waals surface area contributed by atoms with Crippen molar-refractivity contribution < 1.29 is 14.3 Å². The Hall–Kier alpha value is -3.53. The minimum Gasteiger partial charge on any atom is -0.465 e. The molecule has 27 heavy (non-hydrogen) atoms. The summed E-state index contributed by atoms with van der Waals surface area (Å²) < 4.78 is 4.76. The number of hydrogen-bond acceptors (Lipinski definition) is 5. The molecule has 0 aliphatic carbocycles. The van der Waals surface area contributed by atoms with Crippen LogP contribution in [0.1, 0.15) is 15.9 Å². The summed E-state index contributed by atoms with van der Waals surface area (Å²) in [6.45, 7) is 2.39. The van der Waals surface area contributed by atoms with Gasteiger partial charge in [-0.25, -0.2) is 9.59 Å². The molecule has 1 aliphatic rings. The SMILES string of the molecule is COC(=O)c1cccc(N2CCN(C(=O)Nc3ccccc3C#N)CC2)c1. The number of nitrogens with one attached hydrogen (secondary N) is 1. The lowest BCUT2D eigenvalue weighted by molar-refractivity contribution is 0.0600. The summed E-state index contributed by atoms with van der Waals surface area (Å²) >= 11 is 0. The molecule has 138 valence electrons.